The maximum absolute atomic E-state index is 12.9. The predicted molar refractivity (Wildman–Crippen MR) is 57.1 cm³/mol. The number of carbonyl (C=O) groups is 1. The van der Waals surface area contributed by atoms with E-state index in [2.05, 4.69) is 4.98 Å². The smallest absolute Gasteiger partial charge is 0.287 e. The van der Waals surface area contributed by atoms with Crippen molar-refractivity contribution in [2.24, 2.45) is 0 Å². The molecule has 2 rings (SSSR count). The summed E-state index contributed by atoms with van der Waals surface area (Å²) in [4.78, 5) is 15.1. The van der Waals surface area contributed by atoms with E-state index in [0.717, 1.165) is 12.1 Å². The van der Waals surface area contributed by atoms with Crippen molar-refractivity contribution in [1.29, 1.82) is 0 Å². The number of halogens is 5. The van der Waals surface area contributed by atoms with Crippen molar-refractivity contribution in [2.75, 3.05) is 0 Å². The minimum atomic E-state index is -5.91. The van der Waals surface area contributed by atoms with Crippen molar-refractivity contribution in [3.63, 3.8) is 0 Å². The molecule has 0 saturated heterocycles. The second-order valence-electron chi connectivity index (χ2n) is 3.81. The molecule has 1 heterocycles. The highest BCUT2D eigenvalue weighted by atomic mass is 19.4. The number of aromatic nitrogens is 1. The molecule has 0 atom stereocenters. The van der Waals surface area contributed by atoms with Crippen LogP contribution in [-0.2, 0) is 0 Å². The molecule has 2 aromatic rings. The van der Waals surface area contributed by atoms with Crippen LogP contribution in [0.25, 0.3) is 10.9 Å². The fourth-order valence-electron chi connectivity index (χ4n) is 1.53. The SMILES string of the molecule is O=C(c1ccc2ncccc2c1)C(F)(F)C(F)(F)F. The average Bonchev–Trinajstić information content (AvgIpc) is 2.36. The normalized spacial score (nSPS) is 12.7. The maximum atomic E-state index is 12.9. The quantitative estimate of drug-likeness (QED) is 0.619. The Kier molecular flexibility index (Phi) is 3.00. The van der Waals surface area contributed by atoms with Gasteiger partial charge in [-0.25, -0.2) is 0 Å². The summed E-state index contributed by atoms with van der Waals surface area (Å²) in [6.45, 7) is 0. The Labute approximate surface area is 103 Å². The van der Waals surface area contributed by atoms with Crippen LogP contribution in [0.15, 0.2) is 36.5 Å². The summed E-state index contributed by atoms with van der Waals surface area (Å²) >= 11 is 0. The molecule has 19 heavy (non-hydrogen) atoms. The van der Waals surface area contributed by atoms with E-state index in [1.165, 1.54) is 24.4 Å². The molecule has 0 saturated carbocycles. The third-order valence-electron chi connectivity index (χ3n) is 2.51. The number of carbonyl (C=O) groups excluding carboxylic acids is 1. The van der Waals surface area contributed by atoms with Crippen molar-refractivity contribution >= 4 is 16.7 Å². The van der Waals surface area contributed by atoms with E-state index in [4.69, 9.17) is 0 Å². The zero-order chi connectivity index (χ0) is 14.3. The van der Waals surface area contributed by atoms with Gasteiger partial charge in [0, 0.05) is 17.1 Å². The van der Waals surface area contributed by atoms with Crippen LogP contribution >= 0.6 is 0 Å². The van der Waals surface area contributed by atoms with E-state index in [1.807, 2.05) is 0 Å². The summed E-state index contributed by atoms with van der Waals surface area (Å²) in [6.07, 6.45) is -4.47. The average molecular weight is 275 g/mol. The maximum Gasteiger partial charge on any atom is 0.461 e. The molecule has 0 radical (unpaired) electrons. The first-order valence-electron chi connectivity index (χ1n) is 5.07. The second kappa shape index (κ2) is 4.25. The number of pyridine rings is 1. The van der Waals surface area contributed by atoms with Gasteiger partial charge < -0.3 is 0 Å². The predicted octanol–water partition coefficient (Wildman–Crippen LogP) is 3.62. The minimum absolute atomic E-state index is 0.311. The van der Waals surface area contributed by atoms with Gasteiger partial charge in [-0.2, -0.15) is 22.0 Å². The van der Waals surface area contributed by atoms with Gasteiger partial charge in [0.2, 0.25) is 5.78 Å². The second-order valence-corrected chi connectivity index (χ2v) is 3.81. The molecule has 0 spiro atoms. The highest BCUT2D eigenvalue weighted by Crippen LogP contribution is 2.38. The zero-order valence-electron chi connectivity index (χ0n) is 9.21. The van der Waals surface area contributed by atoms with Crippen LogP contribution in [0.1, 0.15) is 10.4 Å². The molecule has 0 aliphatic carbocycles. The van der Waals surface area contributed by atoms with E-state index in [0.29, 0.717) is 10.9 Å². The summed E-state index contributed by atoms with van der Waals surface area (Å²) < 4.78 is 62.1. The number of benzene rings is 1. The summed E-state index contributed by atoms with van der Waals surface area (Å²) in [5.41, 5.74) is -0.308. The summed E-state index contributed by atoms with van der Waals surface area (Å²) in [5, 5.41) is 0.311. The number of Topliss-reactive ketones (excluding diaryl/α,β-unsaturated/α-hetero) is 1. The molecular weight excluding hydrogens is 269 g/mol. The van der Waals surface area contributed by atoms with Gasteiger partial charge in [-0.3, -0.25) is 9.78 Å². The summed E-state index contributed by atoms with van der Waals surface area (Å²) in [6, 6.07) is 6.03. The fourth-order valence-corrected chi connectivity index (χ4v) is 1.53. The Bertz CT molecular complexity index is 635. The monoisotopic (exact) mass is 275 g/mol. The van der Waals surface area contributed by atoms with Crippen LogP contribution in [0.3, 0.4) is 0 Å². The Hall–Kier alpha value is -2.05. The van der Waals surface area contributed by atoms with Crippen LogP contribution in [-0.4, -0.2) is 22.9 Å². The number of hydrogen-bond acceptors (Lipinski definition) is 2. The highest BCUT2D eigenvalue weighted by Gasteiger charge is 2.63. The van der Waals surface area contributed by atoms with Gasteiger partial charge in [0.15, 0.2) is 0 Å². The summed E-state index contributed by atoms with van der Waals surface area (Å²) in [5.74, 6) is -7.67. The molecule has 0 unspecified atom stereocenters. The minimum Gasteiger partial charge on any atom is -0.287 e. The Morgan fingerprint density at radius 1 is 1.05 bits per heavy atom. The highest BCUT2D eigenvalue weighted by molar-refractivity contribution is 6.04. The standard InChI is InChI=1S/C12H6F5NO/c13-11(14,12(15,16)17)10(19)8-3-4-9-7(6-8)2-1-5-18-9/h1-6H. The molecule has 7 heteroatoms. The van der Waals surface area contributed by atoms with E-state index in [-0.39, 0.29) is 0 Å². The third kappa shape index (κ3) is 2.27. The molecule has 100 valence electrons. The Morgan fingerprint density at radius 2 is 1.74 bits per heavy atom. The van der Waals surface area contributed by atoms with Gasteiger partial charge >= 0.3 is 12.1 Å². The van der Waals surface area contributed by atoms with Gasteiger partial charge in [0.05, 0.1) is 5.52 Å². The van der Waals surface area contributed by atoms with Crippen LogP contribution in [0.4, 0.5) is 22.0 Å². The van der Waals surface area contributed by atoms with Gasteiger partial charge in [-0.1, -0.05) is 6.07 Å². The molecule has 0 fully saturated rings. The molecule has 1 aromatic heterocycles. The topological polar surface area (TPSA) is 30.0 Å². The number of fused-ring (bicyclic) bond motifs is 1. The van der Waals surface area contributed by atoms with Crippen LogP contribution in [0, 0.1) is 0 Å². The molecule has 2 nitrogen and oxygen atoms in total. The number of ketones is 1. The van der Waals surface area contributed by atoms with Crippen molar-refractivity contribution in [3.05, 3.63) is 42.1 Å². The lowest BCUT2D eigenvalue weighted by Crippen LogP contribution is -2.44. The summed E-state index contributed by atoms with van der Waals surface area (Å²) in [7, 11) is 0. The Balaban J connectivity index is 2.48. The van der Waals surface area contributed by atoms with Crippen molar-refractivity contribution in [3.8, 4) is 0 Å². The third-order valence-corrected chi connectivity index (χ3v) is 2.51. The van der Waals surface area contributed by atoms with E-state index in [1.54, 1.807) is 0 Å². The van der Waals surface area contributed by atoms with Crippen molar-refractivity contribution < 1.29 is 26.7 Å². The molecule has 0 N–H and O–H groups in total. The lowest BCUT2D eigenvalue weighted by atomic mass is 10.0. The number of hydrogen-bond donors (Lipinski definition) is 0. The number of nitrogens with zero attached hydrogens (tertiary/aromatic N) is 1. The van der Waals surface area contributed by atoms with Crippen molar-refractivity contribution in [1.82, 2.24) is 4.98 Å². The first-order chi connectivity index (χ1) is 8.73. The van der Waals surface area contributed by atoms with Gasteiger partial charge in [-0.15, -0.1) is 0 Å². The first kappa shape index (κ1) is 13.4. The van der Waals surface area contributed by atoms with Gasteiger partial charge in [0.25, 0.3) is 0 Å². The largest absolute Gasteiger partial charge is 0.461 e. The van der Waals surface area contributed by atoms with Crippen LogP contribution in [0.5, 0.6) is 0 Å². The lowest BCUT2D eigenvalue weighted by Gasteiger charge is -2.18. The van der Waals surface area contributed by atoms with Crippen molar-refractivity contribution in [2.45, 2.75) is 12.1 Å². The molecule has 0 aliphatic heterocycles. The fraction of sp³-hybridized carbons (Fsp3) is 0.167. The van der Waals surface area contributed by atoms with Gasteiger partial charge in [-0.05, 0) is 24.3 Å². The molecule has 0 bridgehead atoms. The lowest BCUT2D eigenvalue weighted by molar-refractivity contribution is -0.255. The molecular formula is C12H6F5NO. The van der Waals surface area contributed by atoms with E-state index < -0.39 is 23.4 Å². The molecule has 1 aromatic carbocycles. The number of alkyl halides is 5. The van der Waals surface area contributed by atoms with Crippen LogP contribution in [0.2, 0.25) is 0 Å². The number of rotatable bonds is 2. The van der Waals surface area contributed by atoms with E-state index >= 15 is 0 Å². The van der Waals surface area contributed by atoms with Crippen LogP contribution < -0.4 is 0 Å². The molecule has 0 aliphatic rings. The first-order valence-corrected chi connectivity index (χ1v) is 5.07. The Morgan fingerprint density at radius 3 is 2.37 bits per heavy atom. The molecule has 0 amide bonds. The van der Waals surface area contributed by atoms with Gasteiger partial charge in [0.1, 0.15) is 0 Å². The zero-order valence-corrected chi connectivity index (χ0v) is 9.21. The van der Waals surface area contributed by atoms with E-state index in [9.17, 15) is 26.7 Å².